The van der Waals surface area contributed by atoms with E-state index in [9.17, 15) is 17.2 Å². The highest BCUT2D eigenvalue weighted by molar-refractivity contribution is 7.92. The molecule has 0 saturated heterocycles. The average Bonchev–Trinajstić information content (AvgIpc) is 2.04. The predicted molar refractivity (Wildman–Crippen MR) is 42.0 cm³/mol. The van der Waals surface area contributed by atoms with Gasteiger partial charge in [-0.05, 0) is 12.1 Å². The third kappa shape index (κ3) is 1.82. The molecule has 1 rings (SSSR count). The van der Waals surface area contributed by atoms with Gasteiger partial charge in [0.1, 0.15) is 0 Å². The molecule has 0 aliphatic carbocycles. The van der Waals surface area contributed by atoms with Gasteiger partial charge in [-0.2, -0.15) is 8.78 Å². The fraction of sp³-hybridized carbons (Fsp3) is 0.286. The first kappa shape index (κ1) is 10.0. The first-order valence-electron chi connectivity index (χ1n) is 3.39. The van der Waals surface area contributed by atoms with Crippen LogP contribution in [0, 0.1) is 0 Å². The third-order valence-electron chi connectivity index (χ3n) is 1.38. The van der Waals surface area contributed by atoms with Gasteiger partial charge in [0.2, 0.25) is 0 Å². The number of hydrogen-bond donors (Lipinski definition) is 0. The summed E-state index contributed by atoms with van der Waals surface area (Å²) in [4.78, 5) is 3.35. The van der Waals surface area contributed by atoms with E-state index in [0.717, 1.165) is 12.3 Å². The highest BCUT2D eigenvalue weighted by Crippen LogP contribution is 2.26. The predicted octanol–water partition coefficient (Wildman–Crippen LogP) is 1.47. The molecule has 0 spiro atoms. The van der Waals surface area contributed by atoms with Crippen molar-refractivity contribution < 1.29 is 17.2 Å². The van der Waals surface area contributed by atoms with Crippen LogP contribution in [0.4, 0.5) is 8.78 Å². The van der Waals surface area contributed by atoms with Crippen molar-refractivity contribution >= 4 is 9.84 Å². The molecule has 0 unspecified atom stereocenters. The Bertz CT molecular complexity index is 383. The van der Waals surface area contributed by atoms with Crippen LogP contribution in [0.2, 0.25) is 0 Å². The van der Waals surface area contributed by atoms with Crippen LogP contribution in [0.3, 0.4) is 0 Å². The van der Waals surface area contributed by atoms with Crippen LogP contribution in [-0.4, -0.2) is 18.7 Å². The fourth-order valence-corrected chi connectivity index (χ4v) is 1.51. The van der Waals surface area contributed by atoms with Gasteiger partial charge in [0.25, 0.3) is 9.84 Å². The zero-order valence-electron chi connectivity index (χ0n) is 6.74. The molecule has 6 heteroatoms. The molecule has 1 heterocycles. The normalized spacial score (nSPS) is 12.8. The molecule has 0 saturated carbocycles. The zero-order valence-corrected chi connectivity index (χ0v) is 7.55. The van der Waals surface area contributed by atoms with E-state index in [2.05, 4.69) is 4.98 Å². The van der Waals surface area contributed by atoms with E-state index in [1.54, 1.807) is 0 Å². The number of alkyl halides is 2. The van der Waals surface area contributed by atoms with E-state index >= 15 is 0 Å². The Balaban J connectivity index is 3.26. The van der Waals surface area contributed by atoms with Crippen molar-refractivity contribution in [1.29, 1.82) is 0 Å². The summed E-state index contributed by atoms with van der Waals surface area (Å²) in [5, 5.41) is -4.40. The molecule has 3 nitrogen and oxygen atoms in total. The lowest BCUT2D eigenvalue weighted by Gasteiger charge is -2.09. The van der Waals surface area contributed by atoms with Crippen LogP contribution in [-0.2, 0) is 9.84 Å². The molecular formula is C7H7F2NO2S. The second-order valence-corrected chi connectivity index (χ2v) is 4.62. The maximum Gasteiger partial charge on any atom is 0.348 e. The lowest BCUT2D eigenvalue weighted by atomic mass is 10.5. The van der Waals surface area contributed by atoms with Gasteiger partial charge < -0.3 is 0 Å². The molecule has 0 aliphatic rings. The molecule has 0 N–H and O–H groups in total. The van der Waals surface area contributed by atoms with Gasteiger partial charge in [0, 0.05) is 13.1 Å². The van der Waals surface area contributed by atoms with Gasteiger partial charge in [-0.25, -0.2) is 13.4 Å². The minimum absolute atomic E-state index is 0.330. The number of halogens is 2. The van der Waals surface area contributed by atoms with Crippen molar-refractivity contribution in [1.82, 2.24) is 4.98 Å². The quantitative estimate of drug-likeness (QED) is 0.737. The SMILES string of the molecule is CC(F)(F)S(=O)(=O)c1ccccn1. The first-order valence-corrected chi connectivity index (χ1v) is 4.87. The molecule has 13 heavy (non-hydrogen) atoms. The Morgan fingerprint density at radius 1 is 1.38 bits per heavy atom. The molecule has 72 valence electrons. The van der Waals surface area contributed by atoms with Crippen molar-refractivity contribution in [2.24, 2.45) is 0 Å². The number of pyridine rings is 1. The van der Waals surface area contributed by atoms with Gasteiger partial charge in [-0.1, -0.05) is 6.07 Å². The van der Waals surface area contributed by atoms with E-state index in [1.165, 1.54) is 12.1 Å². The van der Waals surface area contributed by atoms with Crippen molar-refractivity contribution in [3.63, 3.8) is 0 Å². The smallest absolute Gasteiger partial charge is 0.245 e. The summed E-state index contributed by atoms with van der Waals surface area (Å²) < 4.78 is 47.2. The summed E-state index contributed by atoms with van der Waals surface area (Å²) in [6.45, 7) is 0.330. The van der Waals surface area contributed by atoms with E-state index in [1.807, 2.05) is 0 Å². The Kier molecular flexibility index (Phi) is 2.34. The maximum absolute atomic E-state index is 12.6. The maximum atomic E-state index is 12.6. The van der Waals surface area contributed by atoms with Gasteiger partial charge in [0.05, 0.1) is 0 Å². The number of aromatic nitrogens is 1. The molecule has 1 aromatic heterocycles. The molecule has 0 bridgehead atoms. The van der Waals surface area contributed by atoms with Crippen LogP contribution >= 0.6 is 0 Å². The molecule has 1 aromatic rings. The summed E-state index contributed by atoms with van der Waals surface area (Å²) in [7, 11) is -4.62. The lowest BCUT2D eigenvalue weighted by molar-refractivity contribution is 0.114. The molecule has 0 aliphatic heterocycles. The number of sulfone groups is 1. The van der Waals surface area contributed by atoms with E-state index in [-0.39, 0.29) is 0 Å². The Morgan fingerprint density at radius 3 is 2.38 bits per heavy atom. The second-order valence-electron chi connectivity index (χ2n) is 2.48. The van der Waals surface area contributed by atoms with Crippen LogP contribution in [0.1, 0.15) is 6.92 Å². The number of nitrogens with zero attached hydrogens (tertiary/aromatic N) is 1. The first-order chi connectivity index (χ1) is 5.86. The number of rotatable bonds is 2. The average molecular weight is 207 g/mol. The minimum Gasteiger partial charge on any atom is -0.245 e. The molecule has 0 amide bonds. The molecule has 0 atom stereocenters. The minimum atomic E-state index is -4.62. The molecule has 0 aromatic carbocycles. The summed E-state index contributed by atoms with van der Waals surface area (Å²) in [6, 6.07) is 3.82. The van der Waals surface area contributed by atoms with Gasteiger partial charge in [0.15, 0.2) is 5.03 Å². The largest absolute Gasteiger partial charge is 0.348 e. The van der Waals surface area contributed by atoms with Crippen molar-refractivity contribution in [2.75, 3.05) is 0 Å². The lowest BCUT2D eigenvalue weighted by Crippen LogP contribution is -2.25. The summed E-state index contributed by atoms with van der Waals surface area (Å²) in [5.41, 5.74) is 0. The summed E-state index contributed by atoms with van der Waals surface area (Å²) in [5.74, 6) is 0. The van der Waals surface area contributed by atoms with Crippen LogP contribution in [0.15, 0.2) is 29.4 Å². The Labute approximate surface area is 74.3 Å². The highest BCUT2D eigenvalue weighted by atomic mass is 32.2. The van der Waals surface area contributed by atoms with Crippen molar-refractivity contribution in [3.8, 4) is 0 Å². The molecule has 0 fully saturated rings. The van der Waals surface area contributed by atoms with Gasteiger partial charge in [-0.3, -0.25) is 0 Å². The van der Waals surface area contributed by atoms with E-state index in [0.29, 0.717) is 6.92 Å². The van der Waals surface area contributed by atoms with E-state index < -0.39 is 20.1 Å². The van der Waals surface area contributed by atoms with E-state index in [4.69, 9.17) is 0 Å². The molecule has 0 radical (unpaired) electrons. The van der Waals surface area contributed by atoms with Crippen LogP contribution in [0.25, 0.3) is 0 Å². The van der Waals surface area contributed by atoms with Gasteiger partial charge >= 0.3 is 5.25 Å². The third-order valence-corrected chi connectivity index (χ3v) is 3.12. The van der Waals surface area contributed by atoms with Gasteiger partial charge in [-0.15, -0.1) is 0 Å². The standard InChI is InChI=1S/C7H7F2NO2S/c1-7(8,9)13(11,12)6-4-2-3-5-10-6/h2-5H,1H3. The topological polar surface area (TPSA) is 47.0 Å². The zero-order chi connectivity index (χ0) is 10.1. The molecular weight excluding hydrogens is 200 g/mol. The fourth-order valence-electron chi connectivity index (χ4n) is 0.690. The van der Waals surface area contributed by atoms with Crippen LogP contribution in [0.5, 0.6) is 0 Å². The Morgan fingerprint density at radius 2 is 2.00 bits per heavy atom. The highest BCUT2D eigenvalue weighted by Gasteiger charge is 2.41. The monoisotopic (exact) mass is 207 g/mol. The summed E-state index contributed by atoms with van der Waals surface area (Å²) in [6.07, 6.45) is 1.15. The summed E-state index contributed by atoms with van der Waals surface area (Å²) >= 11 is 0. The number of hydrogen-bond acceptors (Lipinski definition) is 3. The van der Waals surface area contributed by atoms with Crippen molar-refractivity contribution in [3.05, 3.63) is 24.4 Å². The van der Waals surface area contributed by atoms with Crippen molar-refractivity contribution in [2.45, 2.75) is 17.2 Å². The Hall–Kier alpha value is -1.04. The second kappa shape index (κ2) is 3.02. The van der Waals surface area contributed by atoms with Crippen LogP contribution < -0.4 is 0 Å².